The van der Waals surface area contributed by atoms with E-state index in [2.05, 4.69) is 32.0 Å². The molecule has 104 valence electrons. The minimum atomic E-state index is 0.276. The largest absolute Gasteiger partial charge is 0.379 e. The number of hydrogen-bond acceptors (Lipinski definition) is 2. The van der Waals surface area contributed by atoms with Gasteiger partial charge in [-0.15, -0.1) is 0 Å². The summed E-state index contributed by atoms with van der Waals surface area (Å²) < 4.78 is 5.63. The van der Waals surface area contributed by atoms with E-state index in [0.29, 0.717) is 6.04 Å². The maximum absolute atomic E-state index is 6.06. The SMILES string of the molecule is Cc1ccc(C2(C3CCC(N)CC3)COC2)c(C)c1. The van der Waals surface area contributed by atoms with Crippen molar-refractivity contribution in [2.45, 2.75) is 51.0 Å². The molecule has 0 amide bonds. The van der Waals surface area contributed by atoms with Crippen molar-refractivity contribution in [2.75, 3.05) is 13.2 Å². The molecule has 2 N–H and O–H groups in total. The predicted octanol–water partition coefficient (Wildman–Crippen LogP) is 3.09. The number of hydrogen-bond donors (Lipinski definition) is 1. The lowest BCUT2D eigenvalue weighted by Crippen LogP contribution is -2.54. The lowest BCUT2D eigenvalue weighted by molar-refractivity contribution is -0.0987. The highest BCUT2D eigenvalue weighted by Crippen LogP contribution is 2.46. The Hall–Kier alpha value is -0.860. The lowest BCUT2D eigenvalue weighted by atomic mass is 9.62. The maximum atomic E-state index is 6.06. The molecule has 2 heteroatoms. The normalized spacial score (nSPS) is 29.8. The average molecular weight is 259 g/mol. The van der Waals surface area contributed by atoms with Crippen LogP contribution in [0.3, 0.4) is 0 Å². The molecule has 0 unspecified atom stereocenters. The first-order valence-corrected chi connectivity index (χ1v) is 7.53. The van der Waals surface area contributed by atoms with Gasteiger partial charge in [0.1, 0.15) is 0 Å². The Morgan fingerprint density at radius 1 is 1.11 bits per heavy atom. The van der Waals surface area contributed by atoms with Crippen molar-refractivity contribution >= 4 is 0 Å². The third-order valence-corrected chi connectivity index (χ3v) is 5.19. The summed E-state index contributed by atoms with van der Waals surface area (Å²) in [7, 11) is 0. The van der Waals surface area contributed by atoms with Gasteiger partial charge in [-0.1, -0.05) is 23.8 Å². The molecular formula is C17H25NO. The van der Waals surface area contributed by atoms with Crippen molar-refractivity contribution in [1.29, 1.82) is 0 Å². The number of aryl methyl sites for hydroxylation is 2. The zero-order chi connectivity index (χ0) is 13.5. The van der Waals surface area contributed by atoms with Gasteiger partial charge in [0, 0.05) is 11.5 Å². The average Bonchev–Trinajstić information content (AvgIpc) is 2.32. The number of benzene rings is 1. The molecule has 2 nitrogen and oxygen atoms in total. The van der Waals surface area contributed by atoms with Crippen LogP contribution in [0.5, 0.6) is 0 Å². The molecule has 0 atom stereocenters. The van der Waals surface area contributed by atoms with Gasteiger partial charge in [0.2, 0.25) is 0 Å². The molecule has 2 aliphatic rings. The highest BCUT2D eigenvalue weighted by atomic mass is 16.5. The Morgan fingerprint density at radius 2 is 1.79 bits per heavy atom. The van der Waals surface area contributed by atoms with Gasteiger partial charge in [-0.05, 0) is 56.6 Å². The van der Waals surface area contributed by atoms with Crippen LogP contribution in [0.1, 0.15) is 42.4 Å². The van der Waals surface area contributed by atoms with E-state index in [9.17, 15) is 0 Å². The van der Waals surface area contributed by atoms with Crippen LogP contribution < -0.4 is 5.73 Å². The third-order valence-electron chi connectivity index (χ3n) is 5.19. The van der Waals surface area contributed by atoms with E-state index < -0.39 is 0 Å². The summed E-state index contributed by atoms with van der Waals surface area (Å²) in [6, 6.07) is 7.32. The minimum Gasteiger partial charge on any atom is -0.379 e. The predicted molar refractivity (Wildman–Crippen MR) is 78.3 cm³/mol. The van der Waals surface area contributed by atoms with E-state index in [0.717, 1.165) is 19.1 Å². The van der Waals surface area contributed by atoms with Crippen LogP contribution in [0, 0.1) is 19.8 Å². The van der Waals surface area contributed by atoms with E-state index in [1.165, 1.54) is 42.4 Å². The highest BCUT2D eigenvalue weighted by molar-refractivity contribution is 5.39. The van der Waals surface area contributed by atoms with Gasteiger partial charge < -0.3 is 10.5 Å². The molecule has 1 heterocycles. The molecule has 0 aromatic heterocycles. The molecule has 1 aliphatic carbocycles. The summed E-state index contributed by atoms with van der Waals surface area (Å²) in [6.45, 7) is 6.21. The second kappa shape index (κ2) is 4.92. The molecule has 0 spiro atoms. The second-order valence-corrected chi connectivity index (χ2v) is 6.58. The van der Waals surface area contributed by atoms with E-state index in [1.807, 2.05) is 0 Å². The molecule has 1 aromatic rings. The van der Waals surface area contributed by atoms with Crippen LogP contribution in [0.4, 0.5) is 0 Å². The first kappa shape index (κ1) is 13.1. The lowest BCUT2D eigenvalue weighted by Gasteiger charge is -2.50. The Morgan fingerprint density at radius 3 is 2.32 bits per heavy atom. The molecule has 19 heavy (non-hydrogen) atoms. The second-order valence-electron chi connectivity index (χ2n) is 6.58. The number of nitrogens with two attached hydrogens (primary N) is 1. The molecule has 0 bridgehead atoms. The molecule has 3 rings (SSSR count). The minimum absolute atomic E-state index is 0.276. The van der Waals surface area contributed by atoms with Crippen molar-refractivity contribution in [3.63, 3.8) is 0 Å². The van der Waals surface area contributed by atoms with Gasteiger partial charge >= 0.3 is 0 Å². The zero-order valence-electron chi connectivity index (χ0n) is 12.1. The van der Waals surface area contributed by atoms with Crippen LogP contribution in [0.2, 0.25) is 0 Å². The topological polar surface area (TPSA) is 35.2 Å². The van der Waals surface area contributed by atoms with Crippen LogP contribution in [0.25, 0.3) is 0 Å². The fraction of sp³-hybridized carbons (Fsp3) is 0.647. The van der Waals surface area contributed by atoms with Gasteiger partial charge in [-0.25, -0.2) is 0 Å². The van der Waals surface area contributed by atoms with Crippen LogP contribution in [-0.2, 0) is 10.2 Å². The molecule has 0 radical (unpaired) electrons. The van der Waals surface area contributed by atoms with E-state index in [1.54, 1.807) is 0 Å². The van der Waals surface area contributed by atoms with Crippen molar-refractivity contribution in [1.82, 2.24) is 0 Å². The Balaban J connectivity index is 1.90. The highest BCUT2D eigenvalue weighted by Gasteiger charge is 2.48. The maximum Gasteiger partial charge on any atom is 0.0588 e. The Bertz CT molecular complexity index is 456. The standard InChI is InChI=1S/C17H25NO/c1-12-3-8-16(13(2)9-12)17(10-19-11-17)14-4-6-15(18)7-5-14/h3,8-9,14-15H,4-7,10-11,18H2,1-2H3. The van der Waals surface area contributed by atoms with Crippen LogP contribution in [-0.4, -0.2) is 19.3 Å². The summed E-state index contributed by atoms with van der Waals surface area (Å²) in [6.07, 6.45) is 4.88. The van der Waals surface area contributed by atoms with Crippen molar-refractivity contribution in [2.24, 2.45) is 11.7 Å². The van der Waals surface area contributed by atoms with Gasteiger partial charge in [0.25, 0.3) is 0 Å². The fourth-order valence-electron chi connectivity index (χ4n) is 3.98. The molecular weight excluding hydrogens is 234 g/mol. The Labute approximate surface area is 116 Å². The van der Waals surface area contributed by atoms with Crippen LogP contribution in [0.15, 0.2) is 18.2 Å². The summed E-state index contributed by atoms with van der Waals surface area (Å²) in [5.41, 5.74) is 10.6. The first-order chi connectivity index (χ1) is 9.12. The van der Waals surface area contributed by atoms with E-state index in [4.69, 9.17) is 10.5 Å². The van der Waals surface area contributed by atoms with Crippen molar-refractivity contribution in [3.8, 4) is 0 Å². The summed E-state index contributed by atoms with van der Waals surface area (Å²) in [4.78, 5) is 0. The molecule has 1 saturated heterocycles. The summed E-state index contributed by atoms with van der Waals surface area (Å²) in [5, 5.41) is 0. The fourth-order valence-corrected chi connectivity index (χ4v) is 3.98. The number of rotatable bonds is 2. The first-order valence-electron chi connectivity index (χ1n) is 7.53. The van der Waals surface area contributed by atoms with Crippen molar-refractivity contribution < 1.29 is 4.74 Å². The molecule has 1 aliphatic heterocycles. The smallest absolute Gasteiger partial charge is 0.0588 e. The van der Waals surface area contributed by atoms with Gasteiger partial charge in [-0.2, -0.15) is 0 Å². The van der Waals surface area contributed by atoms with Crippen LogP contribution >= 0.6 is 0 Å². The van der Waals surface area contributed by atoms with E-state index >= 15 is 0 Å². The van der Waals surface area contributed by atoms with Gasteiger partial charge in [0.15, 0.2) is 0 Å². The summed E-state index contributed by atoms with van der Waals surface area (Å²) in [5.74, 6) is 0.752. The summed E-state index contributed by atoms with van der Waals surface area (Å²) >= 11 is 0. The zero-order valence-corrected chi connectivity index (χ0v) is 12.1. The molecule has 2 fully saturated rings. The molecule has 1 aromatic carbocycles. The van der Waals surface area contributed by atoms with Gasteiger partial charge in [0.05, 0.1) is 13.2 Å². The van der Waals surface area contributed by atoms with E-state index in [-0.39, 0.29) is 5.41 Å². The third kappa shape index (κ3) is 2.21. The quantitative estimate of drug-likeness (QED) is 0.886. The monoisotopic (exact) mass is 259 g/mol. The van der Waals surface area contributed by atoms with Gasteiger partial charge in [-0.3, -0.25) is 0 Å². The Kier molecular flexibility index (Phi) is 3.40. The van der Waals surface area contributed by atoms with Crippen molar-refractivity contribution in [3.05, 3.63) is 34.9 Å². The number of ether oxygens (including phenoxy) is 1. The molecule has 1 saturated carbocycles.